The van der Waals surface area contributed by atoms with Gasteiger partial charge in [-0.2, -0.15) is 4.73 Å². The molecule has 0 bridgehead atoms. The molecular formula is C15H10FNO2. The van der Waals surface area contributed by atoms with Gasteiger partial charge in [0.05, 0.1) is 5.39 Å². The summed E-state index contributed by atoms with van der Waals surface area (Å²) in [7, 11) is 0. The minimum absolute atomic E-state index is 0.317. The van der Waals surface area contributed by atoms with Crippen LogP contribution in [0.2, 0.25) is 0 Å². The summed E-state index contributed by atoms with van der Waals surface area (Å²) in [6.07, 6.45) is 1.43. The number of hydrogen-bond acceptors (Lipinski definition) is 2. The molecule has 4 heteroatoms. The van der Waals surface area contributed by atoms with Gasteiger partial charge in [0.15, 0.2) is 6.20 Å². The number of fused-ring (bicyclic) bond motifs is 1. The molecule has 19 heavy (non-hydrogen) atoms. The van der Waals surface area contributed by atoms with Crippen LogP contribution in [0.1, 0.15) is 0 Å². The Morgan fingerprint density at radius 2 is 1.74 bits per heavy atom. The lowest BCUT2D eigenvalue weighted by atomic mass is 10.2. The van der Waals surface area contributed by atoms with Crippen LogP contribution in [-0.4, -0.2) is 0 Å². The summed E-state index contributed by atoms with van der Waals surface area (Å²) in [4.78, 5) is 0. The third kappa shape index (κ3) is 2.20. The van der Waals surface area contributed by atoms with Crippen molar-refractivity contribution < 1.29 is 13.9 Å². The number of rotatable bonds is 2. The predicted octanol–water partition coefficient (Wildman–Crippen LogP) is 3.40. The van der Waals surface area contributed by atoms with Gasteiger partial charge in [-0.3, -0.25) is 0 Å². The average Bonchev–Trinajstić information content (AvgIpc) is 2.43. The first-order chi connectivity index (χ1) is 9.24. The molecule has 0 aliphatic carbocycles. The molecule has 0 amide bonds. The van der Waals surface area contributed by atoms with Crippen molar-refractivity contribution in [1.82, 2.24) is 0 Å². The second-order valence-corrected chi connectivity index (χ2v) is 4.08. The van der Waals surface area contributed by atoms with Crippen LogP contribution in [0.25, 0.3) is 10.9 Å². The van der Waals surface area contributed by atoms with Gasteiger partial charge in [0, 0.05) is 12.1 Å². The largest absolute Gasteiger partial charge is 0.618 e. The predicted molar refractivity (Wildman–Crippen MR) is 69.4 cm³/mol. The minimum atomic E-state index is -0.317. The fraction of sp³-hybridized carbons (Fsp3) is 0. The van der Waals surface area contributed by atoms with Crippen LogP contribution >= 0.6 is 0 Å². The SMILES string of the molecule is [O-][n+]1cccc2c(Oc3ccc(F)cc3)cccc21. The van der Waals surface area contributed by atoms with Gasteiger partial charge in [0.25, 0.3) is 0 Å². The quantitative estimate of drug-likeness (QED) is 0.519. The number of halogens is 1. The van der Waals surface area contributed by atoms with Gasteiger partial charge in [-0.05, 0) is 36.4 Å². The molecule has 94 valence electrons. The van der Waals surface area contributed by atoms with Crippen molar-refractivity contribution in [1.29, 1.82) is 0 Å². The third-order valence-electron chi connectivity index (χ3n) is 2.81. The van der Waals surface area contributed by atoms with E-state index in [-0.39, 0.29) is 5.82 Å². The molecule has 0 spiro atoms. The van der Waals surface area contributed by atoms with Crippen molar-refractivity contribution in [3.63, 3.8) is 0 Å². The molecule has 0 saturated carbocycles. The van der Waals surface area contributed by atoms with E-state index in [1.165, 1.54) is 18.3 Å². The normalized spacial score (nSPS) is 10.6. The van der Waals surface area contributed by atoms with Crippen LogP contribution in [-0.2, 0) is 0 Å². The van der Waals surface area contributed by atoms with Crippen molar-refractivity contribution in [3.8, 4) is 11.5 Å². The van der Waals surface area contributed by atoms with E-state index in [0.29, 0.717) is 22.4 Å². The Morgan fingerprint density at radius 3 is 2.53 bits per heavy atom. The Labute approximate surface area is 109 Å². The van der Waals surface area contributed by atoms with Gasteiger partial charge in [-0.1, -0.05) is 6.07 Å². The van der Waals surface area contributed by atoms with E-state index in [1.807, 2.05) is 6.07 Å². The molecule has 3 nitrogen and oxygen atoms in total. The topological polar surface area (TPSA) is 36.2 Å². The van der Waals surface area contributed by atoms with Crippen LogP contribution in [0, 0.1) is 11.0 Å². The van der Waals surface area contributed by atoms with Crippen molar-refractivity contribution in [2.45, 2.75) is 0 Å². The molecule has 0 N–H and O–H groups in total. The summed E-state index contributed by atoms with van der Waals surface area (Å²) in [6.45, 7) is 0. The average molecular weight is 255 g/mol. The van der Waals surface area contributed by atoms with Crippen molar-refractivity contribution in [3.05, 3.63) is 71.8 Å². The number of ether oxygens (including phenoxy) is 1. The van der Waals surface area contributed by atoms with Crippen LogP contribution < -0.4 is 9.47 Å². The van der Waals surface area contributed by atoms with E-state index >= 15 is 0 Å². The summed E-state index contributed by atoms with van der Waals surface area (Å²) < 4.78 is 19.3. The van der Waals surface area contributed by atoms with Gasteiger partial charge >= 0.3 is 0 Å². The number of hydrogen-bond donors (Lipinski definition) is 0. The van der Waals surface area contributed by atoms with Crippen LogP contribution in [0.3, 0.4) is 0 Å². The van der Waals surface area contributed by atoms with Crippen LogP contribution in [0.5, 0.6) is 11.5 Å². The van der Waals surface area contributed by atoms with Gasteiger partial charge in [-0.25, -0.2) is 4.39 Å². The molecule has 3 rings (SSSR count). The Kier molecular flexibility index (Phi) is 2.76. The van der Waals surface area contributed by atoms with Crippen LogP contribution in [0.15, 0.2) is 60.8 Å². The molecule has 1 heterocycles. The fourth-order valence-electron chi connectivity index (χ4n) is 1.91. The fourth-order valence-corrected chi connectivity index (χ4v) is 1.91. The molecule has 0 saturated heterocycles. The van der Waals surface area contributed by atoms with E-state index in [4.69, 9.17) is 4.74 Å². The van der Waals surface area contributed by atoms with Gasteiger partial charge in [-0.15, -0.1) is 0 Å². The monoisotopic (exact) mass is 255 g/mol. The lowest BCUT2D eigenvalue weighted by Crippen LogP contribution is -2.25. The Balaban J connectivity index is 2.06. The first-order valence-corrected chi connectivity index (χ1v) is 5.78. The van der Waals surface area contributed by atoms with Gasteiger partial charge < -0.3 is 9.94 Å². The molecule has 0 radical (unpaired) electrons. The first kappa shape index (κ1) is 11.5. The first-order valence-electron chi connectivity index (χ1n) is 5.78. The molecule has 0 atom stereocenters. The Bertz CT molecular complexity index is 726. The van der Waals surface area contributed by atoms with E-state index in [0.717, 1.165) is 4.73 Å². The number of nitrogens with zero attached hydrogens (tertiary/aromatic N) is 1. The molecule has 2 aromatic carbocycles. The second kappa shape index (κ2) is 4.57. The number of benzene rings is 2. The molecule has 0 fully saturated rings. The molecular weight excluding hydrogens is 245 g/mol. The van der Waals surface area contributed by atoms with Crippen molar-refractivity contribution in [2.24, 2.45) is 0 Å². The highest BCUT2D eigenvalue weighted by Crippen LogP contribution is 2.28. The van der Waals surface area contributed by atoms with Gasteiger partial charge in [0.2, 0.25) is 5.52 Å². The highest BCUT2D eigenvalue weighted by Gasteiger charge is 2.08. The minimum Gasteiger partial charge on any atom is -0.618 e. The van der Waals surface area contributed by atoms with Crippen LogP contribution in [0.4, 0.5) is 4.39 Å². The molecule has 0 aliphatic rings. The van der Waals surface area contributed by atoms with Crippen molar-refractivity contribution >= 4 is 10.9 Å². The van der Waals surface area contributed by atoms with E-state index in [9.17, 15) is 9.60 Å². The van der Waals surface area contributed by atoms with Crippen molar-refractivity contribution in [2.75, 3.05) is 0 Å². The maximum absolute atomic E-state index is 12.8. The Hall–Kier alpha value is -2.62. The molecule has 0 aliphatic heterocycles. The lowest BCUT2D eigenvalue weighted by molar-refractivity contribution is -0.577. The summed E-state index contributed by atoms with van der Waals surface area (Å²) >= 11 is 0. The zero-order chi connectivity index (χ0) is 13.2. The molecule has 1 aromatic heterocycles. The molecule has 3 aromatic rings. The highest BCUT2D eigenvalue weighted by atomic mass is 19.1. The number of aromatic nitrogens is 1. The maximum atomic E-state index is 12.8. The van der Waals surface area contributed by atoms with Gasteiger partial charge in [0.1, 0.15) is 17.3 Å². The zero-order valence-corrected chi connectivity index (χ0v) is 9.92. The third-order valence-corrected chi connectivity index (χ3v) is 2.81. The highest BCUT2D eigenvalue weighted by molar-refractivity contribution is 5.82. The Morgan fingerprint density at radius 1 is 0.947 bits per heavy atom. The van der Waals surface area contributed by atoms with E-state index < -0.39 is 0 Å². The summed E-state index contributed by atoms with van der Waals surface area (Å²) in [5.41, 5.74) is 0.530. The summed E-state index contributed by atoms with van der Waals surface area (Å²) in [6, 6.07) is 14.4. The summed E-state index contributed by atoms with van der Waals surface area (Å²) in [5, 5.41) is 12.4. The smallest absolute Gasteiger partial charge is 0.227 e. The molecule has 0 unspecified atom stereocenters. The summed E-state index contributed by atoms with van der Waals surface area (Å²) in [5.74, 6) is 0.771. The standard InChI is InChI=1S/C15H10FNO2/c16-11-6-8-12(9-7-11)19-15-5-1-4-14-13(15)3-2-10-17(14)18/h1-10H. The van der Waals surface area contributed by atoms with E-state index in [2.05, 4.69) is 0 Å². The maximum Gasteiger partial charge on any atom is 0.227 e. The number of pyridine rings is 1. The lowest BCUT2D eigenvalue weighted by Gasteiger charge is -2.08. The second-order valence-electron chi connectivity index (χ2n) is 4.08. The zero-order valence-electron chi connectivity index (χ0n) is 9.92. The van der Waals surface area contributed by atoms with E-state index in [1.54, 1.807) is 36.4 Å².